The van der Waals surface area contributed by atoms with E-state index in [1.54, 1.807) is 12.1 Å². The molecule has 6 nitrogen and oxygen atoms in total. The summed E-state index contributed by atoms with van der Waals surface area (Å²) in [6.45, 7) is 0.0954. The Bertz CT molecular complexity index is 705. The van der Waals surface area contributed by atoms with Crippen LogP contribution in [0.4, 0.5) is 5.69 Å². The molecule has 1 unspecified atom stereocenters. The molecule has 0 aromatic heterocycles. The number of halogens is 2. The predicted octanol–water partition coefficient (Wildman–Crippen LogP) is 1.42. The summed E-state index contributed by atoms with van der Waals surface area (Å²) in [5.41, 5.74) is 0.518. The minimum atomic E-state index is -3.64. The maximum atomic E-state index is 12.0. The van der Waals surface area contributed by atoms with Crippen molar-refractivity contribution in [3.05, 3.63) is 28.2 Å². The third-order valence-electron chi connectivity index (χ3n) is 3.00. The average Bonchev–Trinajstić information content (AvgIpc) is 2.73. The molecule has 21 heavy (non-hydrogen) atoms. The molecule has 0 saturated carbocycles. The molecule has 0 radical (unpaired) electrons. The number of hydrogen-bond acceptors (Lipinski definition) is 4. The van der Waals surface area contributed by atoms with Gasteiger partial charge in [0.2, 0.25) is 21.8 Å². The Balaban J connectivity index is 2.16. The number of carbonyl (C=O) groups is 2. The van der Waals surface area contributed by atoms with Crippen LogP contribution in [-0.2, 0) is 19.6 Å². The molecule has 1 aromatic carbocycles. The van der Waals surface area contributed by atoms with Crippen molar-refractivity contribution in [2.45, 2.75) is 6.42 Å². The standard InChI is InChI=1S/C12H12Cl2N2O4S/c1-21(19,20)15-12(18)7-4-11(17)16(6-7)8-2-3-9(13)10(14)5-8/h2-3,5,7H,4,6H2,1H3,(H,15,18). The van der Waals surface area contributed by atoms with Crippen LogP contribution in [0.2, 0.25) is 10.0 Å². The minimum Gasteiger partial charge on any atom is -0.312 e. The summed E-state index contributed by atoms with van der Waals surface area (Å²) in [4.78, 5) is 25.1. The van der Waals surface area contributed by atoms with E-state index in [-0.39, 0.29) is 18.9 Å². The summed E-state index contributed by atoms with van der Waals surface area (Å²) in [6, 6.07) is 4.69. The quantitative estimate of drug-likeness (QED) is 0.893. The van der Waals surface area contributed by atoms with Crippen molar-refractivity contribution in [3.8, 4) is 0 Å². The molecule has 1 aliphatic heterocycles. The molecule has 0 spiro atoms. The predicted molar refractivity (Wildman–Crippen MR) is 79.9 cm³/mol. The van der Waals surface area contributed by atoms with Crippen LogP contribution in [0.5, 0.6) is 0 Å². The first-order valence-corrected chi connectivity index (χ1v) is 8.59. The lowest BCUT2D eigenvalue weighted by Crippen LogP contribution is -2.36. The summed E-state index contributed by atoms with van der Waals surface area (Å²) >= 11 is 11.7. The highest BCUT2D eigenvalue weighted by Crippen LogP contribution is 2.31. The summed E-state index contributed by atoms with van der Waals surface area (Å²) < 4.78 is 24.0. The van der Waals surface area contributed by atoms with Crippen LogP contribution in [0.15, 0.2) is 18.2 Å². The van der Waals surface area contributed by atoms with Crippen LogP contribution in [0.25, 0.3) is 0 Å². The number of rotatable bonds is 3. The lowest BCUT2D eigenvalue weighted by molar-refractivity contribution is -0.124. The normalized spacial score (nSPS) is 18.9. The molecular formula is C12H12Cl2N2O4S. The molecule has 0 aliphatic carbocycles. The van der Waals surface area contributed by atoms with Crippen molar-refractivity contribution in [1.29, 1.82) is 0 Å². The smallest absolute Gasteiger partial charge is 0.238 e. The fourth-order valence-electron chi connectivity index (χ4n) is 2.05. The molecule has 1 aliphatic rings. The Hall–Kier alpha value is -1.31. The van der Waals surface area contributed by atoms with Crippen molar-refractivity contribution in [1.82, 2.24) is 4.72 Å². The van der Waals surface area contributed by atoms with Crippen molar-refractivity contribution < 1.29 is 18.0 Å². The molecule has 1 fully saturated rings. The van der Waals surface area contributed by atoms with Gasteiger partial charge in [0.25, 0.3) is 0 Å². The van der Waals surface area contributed by atoms with Crippen molar-refractivity contribution in [2.24, 2.45) is 5.92 Å². The second kappa shape index (κ2) is 5.82. The van der Waals surface area contributed by atoms with Gasteiger partial charge in [0.05, 0.1) is 22.2 Å². The molecule has 1 atom stereocenters. The van der Waals surface area contributed by atoms with Crippen LogP contribution in [-0.4, -0.2) is 33.0 Å². The molecule has 1 aromatic rings. The highest BCUT2D eigenvalue weighted by molar-refractivity contribution is 7.89. The number of carbonyl (C=O) groups excluding carboxylic acids is 2. The number of anilines is 1. The molecular weight excluding hydrogens is 339 g/mol. The second-order valence-electron chi connectivity index (χ2n) is 4.74. The molecule has 1 N–H and O–H groups in total. The van der Waals surface area contributed by atoms with Gasteiger partial charge in [0.15, 0.2) is 0 Å². The van der Waals surface area contributed by atoms with Gasteiger partial charge in [-0.25, -0.2) is 8.42 Å². The van der Waals surface area contributed by atoms with Crippen LogP contribution >= 0.6 is 23.2 Å². The highest BCUT2D eigenvalue weighted by Gasteiger charge is 2.36. The number of nitrogens with one attached hydrogen (secondary N) is 1. The van der Waals surface area contributed by atoms with Gasteiger partial charge in [0.1, 0.15) is 0 Å². The SMILES string of the molecule is CS(=O)(=O)NC(=O)C1CC(=O)N(c2ccc(Cl)c(Cl)c2)C1. The largest absolute Gasteiger partial charge is 0.312 e. The molecule has 2 rings (SSSR count). The fourth-order valence-corrected chi connectivity index (χ4v) is 2.88. The van der Waals surface area contributed by atoms with Crippen LogP contribution in [0.3, 0.4) is 0 Å². The van der Waals surface area contributed by atoms with Crippen LogP contribution in [0.1, 0.15) is 6.42 Å². The van der Waals surface area contributed by atoms with Crippen molar-refractivity contribution in [3.63, 3.8) is 0 Å². The van der Waals surface area contributed by atoms with Gasteiger partial charge in [-0.1, -0.05) is 23.2 Å². The first-order valence-electron chi connectivity index (χ1n) is 5.94. The van der Waals surface area contributed by atoms with E-state index in [9.17, 15) is 18.0 Å². The number of sulfonamides is 1. The van der Waals surface area contributed by atoms with E-state index in [4.69, 9.17) is 23.2 Å². The van der Waals surface area contributed by atoms with E-state index < -0.39 is 21.8 Å². The fraction of sp³-hybridized carbons (Fsp3) is 0.333. The summed E-state index contributed by atoms with van der Waals surface area (Å²) in [5.74, 6) is -1.68. The van der Waals surface area contributed by atoms with Crippen LogP contribution in [0, 0.1) is 5.92 Å². The summed E-state index contributed by atoms with van der Waals surface area (Å²) in [7, 11) is -3.64. The summed E-state index contributed by atoms with van der Waals surface area (Å²) in [6.07, 6.45) is 0.833. The van der Waals surface area contributed by atoms with E-state index in [1.807, 2.05) is 4.72 Å². The van der Waals surface area contributed by atoms with Crippen molar-refractivity contribution >= 4 is 50.7 Å². The topological polar surface area (TPSA) is 83.5 Å². The molecule has 0 bridgehead atoms. The van der Waals surface area contributed by atoms with Gasteiger partial charge in [-0.15, -0.1) is 0 Å². The van der Waals surface area contributed by atoms with Gasteiger partial charge < -0.3 is 4.90 Å². The van der Waals surface area contributed by atoms with E-state index in [2.05, 4.69) is 0 Å². The third kappa shape index (κ3) is 3.87. The maximum absolute atomic E-state index is 12.0. The lowest BCUT2D eigenvalue weighted by Gasteiger charge is -2.17. The second-order valence-corrected chi connectivity index (χ2v) is 7.31. The Morgan fingerprint density at radius 1 is 1.33 bits per heavy atom. The first-order chi connectivity index (χ1) is 9.67. The van der Waals surface area contributed by atoms with Gasteiger partial charge in [0, 0.05) is 18.7 Å². The molecule has 2 amide bonds. The van der Waals surface area contributed by atoms with E-state index in [1.165, 1.54) is 11.0 Å². The zero-order valence-corrected chi connectivity index (χ0v) is 13.3. The van der Waals surface area contributed by atoms with E-state index >= 15 is 0 Å². The Morgan fingerprint density at radius 3 is 2.57 bits per heavy atom. The highest BCUT2D eigenvalue weighted by atomic mass is 35.5. The number of hydrogen-bond donors (Lipinski definition) is 1. The Morgan fingerprint density at radius 2 is 2.00 bits per heavy atom. The van der Waals surface area contributed by atoms with Crippen molar-refractivity contribution in [2.75, 3.05) is 17.7 Å². The third-order valence-corrected chi connectivity index (χ3v) is 4.31. The molecule has 1 saturated heterocycles. The number of benzene rings is 1. The Labute approximate surface area is 132 Å². The Kier molecular flexibility index (Phi) is 4.46. The van der Waals surface area contributed by atoms with Gasteiger partial charge in [-0.05, 0) is 18.2 Å². The lowest BCUT2D eigenvalue weighted by atomic mass is 10.1. The van der Waals surface area contributed by atoms with E-state index in [0.29, 0.717) is 15.7 Å². The molecule has 1 heterocycles. The van der Waals surface area contributed by atoms with Gasteiger partial charge in [-0.2, -0.15) is 0 Å². The minimum absolute atomic E-state index is 0.0540. The van der Waals surface area contributed by atoms with Crippen LogP contribution < -0.4 is 9.62 Å². The molecule has 9 heteroatoms. The summed E-state index contributed by atoms with van der Waals surface area (Å²) in [5, 5.41) is 0.657. The maximum Gasteiger partial charge on any atom is 0.238 e. The number of nitrogens with zero attached hydrogens (tertiary/aromatic N) is 1. The first kappa shape index (κ1) is 16.1. The zero-order valence-electron chi connectivity index (χ0n) is 11.0. The monoisotopic (exact) mass is 350 g/mol. The van der Waals surface area contributed by atoms with Gasteiger partial charge >= 0.3 is 0 Å². The average molecular weight is 351 g/mol. The van der Waals surface area contributed by atoms with E-state index in [0.717, 1.165) is 6.26 Å². The van der Waals surface area contributed by atoms with Gasteiger partial charge in [-0.3, -0.25) is 14.3 Å². The molecule has 114 valence electrons. The zero-order chi connectivity index (χ0) is 15.8. The number of amides is 2.